The lowest BCUT2D eigenvalue weighted by atomic mass is 9.63. The van der Waals surface area contributed by atoms with E-state index >= 15 is 0 Å². The molecule has 38 heavy (non-hydrogen) atoms. The molecule has 0 spiro atoms. The zero-order valence-corrected chi connectivity index (χ0v) is 21.2. The van der Waals surface area contributed by atoms with Crippen molar-refractivity contribution in [3.63, 3.8) is 0 Å². The van der Waals surface area contributed by atoms with Crippen LogP contribution in [0.3, 0.4) is 0 Å². The maximum absolute atomic E-state index is 13.2. The molecule has 2 aromatic carbocycles. The number of carbonyl (C=O) groups is 3. The summed E-state index contributed by atoms with van der Waals surface area (Å²) in [4.78, 5) is 42.0. The number of fused-ring (bicyclic) bond motifs is 3. The standard InChI is InChI=1S/C30H30N4O4/c31-14-18-5-7-19(8-6-18)22-15-33(16-22)25-3-1-2-4-26(25)38-23-9-10-24-20(11-23)17-34(28(24)36)30-12-21(13-30)27(35)32-29(30)37/h5-11,21-22,25-26H,1-4,12-13,15-17H2,(H,32,35,37). The van der Waals surface area contributed by atoms with Gasteiger partial charge in [0, 0.05) is 43.1 Å². The average Bonchev–Trinajstić information content (AvgIpc) is 3.19. The number of nitrogens with one attached hydrogen (secondary N) is 1. The first-order valence-electron chi connectivity index (χ1n) is 13.7. The predicted molar refractivity (Wildman–Crippen MR) is 137 cm³/mol. The molecule has 0 aromatic heterocycles. The van der Waals surface area contributed by atoms with Gasteiger partial charge in [0.05, 0.1) is 11.6 Å². The van der Waals surface area contributed by atoms with Crippen molar-refractivity contribution in [2.45, 2.75) is 68.7 Å². The van der Waals surface area contributed by atoms with Crippen LogP contribution in [0.5, 0.6) is 5.75 Å². The second-order valence-corrected chi connectivity index (χ2v) is 11.6. The Balaban J connectivity index is 1.03. The minimum absolute atomic E-state index is 0.0954. The van der Waals surface area contributed by atoms with Crippen molar-refractivity contribution in [3.05, 3.63) is 64.7 Å². The summed E-state index contributed by atoms with van der Waals surface area (Å²) in [7, 11) is 0. The number of hydrogen-bond donors (Lipinski definition) is 1. The monoisotopic (exact) mass is 510 g/mol. The lowest BCUT2D eigenvalue weighted by molar-refractivity contribution is -0.160. The fourth-order valence-corrected chi connectivity index (χ4v) is 7.15. The Kier molecular flexibility index (Phi) is 5.34. The second kappa shape index (κ2) is 8.67. The van der Waals surface area contributed by atoms with E-state index in [4.69, 9.17) is 10.00 Å². The number of benzene rings is 2. The lowest BCUT2D eigenvalue weighted by Gasteiger charge is -2.53. The van der Waals surface area contributed by atoms with Crippen molar-refractivity contribution in [2.24, 2.45) is 5.92 Å². The fourth-order valence-electron chi connectivity index (χ4n) is 7.15. The number of hydrogen-bond acceptors (Lipinski definition) is 6. The highest BCUT2D eigenvalue weighted by molar-refractivity contribution is 6.10. The van der Waals surface area contributed by atoms with Gasteiger partial charge in [-0.25, -0.2) is 0 Å². The van der Waals surface area contributed by atoms with E-state index in [0.29, 0.717) is 42.5 Å². The fraction of sp³-hybridized carbons (Fsp3) is 0.467. The number of rotatable bonds is 5. The van der Waals surface area contributed by atoms with Crippen molar-refractivity contribution in [1.29, 1.82) is 5.26 Å². The largest absolute Gasteiger partial charge is 0.489 e. The molecule has 1 N–H and O–H groups in total. The van der Waals surface area contributed by atoms with Crippen LogP contribution in [0.1, 0.15) is 71.5 Å². The molecule has 3 amide bonds. The highest BCUT2D eigenvalue weighted by Gasteiger charge is 2.63. The zero-order valence-electron chi connectivity index (χ0n) is 21.2. The van der Waals surface area contributed by atoms with Crippen molar-refractivity contribution < 1.29 is 19.1 Å². The summed E-state index contributed by atoms with van der Waals surface area (Å²) < 4.78 is 6.58. The molecule has 2 saturated carbocycles. The van der Waals surface area contributed by atoms with Crippen LogP contribution in [-0.4, -0.2) is 58.3 Å². The average molecular weight is 511 g/mol. The summed E-state index contributed by atoms with van der Waals surface area (Å²) in [5.74, 6) is 0.376. The Labute approximate surface area is 221 Å². The van der Waals surface area contributed by atoms with Crippen molar-refractivity contribution >= 4 is 17.7 Å². The van der Waals surface area contributed by atoms with E-state index in [0.717, 1.165) is 43.7 Å². The Bertz CT molecular complexity index is 1370. The van der Waals surface area contributed by atoms with Crippen molar-refractivity contribution in [1.82, 2.24) is 15.1 Å². The first-order valence-corrected chi connectivity index (χ1v) is 13.7. The first kappa shape index (κ1) is 23.4. The van der Waals surface area contributed by atoms with E-state index in [1.807, 2.05) is 30.3 Å². The molecule has 2 unspecified atom stereocenters. The molecule has 4 heterocycles. The maximum atomic E-state index is 13.2. The molecular formula is C30H30N4O4. The van der Waals surface area contributed by atoms with Gasteiger partial charge in [0.25, 0.3) is 11.8 Å². The summed E-state index contributed by atoms with van der Waals surface area (Å²) in [5.41, 5.74) is 2.58. The van der Waals surface area contributed by atoms with Gasteiger partial charge in [-0.3, -0.25) is 24.6 Å². The Morgan fingerprint density at radius 1 is 0.974 bits per heavy atom. The van der Waals surface area contributed by atoms with Gasteiger partial charge >= 0.3 is 0 Å². The summed E-state index contributed by atoms with van der Waals surface area (Å²) in [6.45, 7) is 2.36. The van der Waals surface area contributed by atoms with Gasteiger partial charge in [-0.2, -0.15) is 5.26 Å². The van der Waals surface area contributed by atoms with Crippen LogP contribution in [0, 0.1) is 17.2 Å². The molecule has 2 aliphatic carbocycles. The number of nitriles is 1. The van der Waals surface area contributed by atoms with Crippen LogP contribution in [0.4, 0.5) is 0 Å². The number of piperidine rings is 2. The van der Waals surface area contributed by atoms with Crippen LogP contribution in [-0.2, 0) is 16.1 Å². The molecule has 8 nitrogen and oxygen atoms in total. The van der Waals surface area contributed by atoms with E-state index in [9.17, 15) is 14.4 Å². The number of imide groups is 1. The second-order valence-electron chi connectivity index (χ2n) is 11.6. The third kappa shape index (κ3) is 3.56. The van der Waals surface area contributed by atoms with Crippen LogP contribution in [0.15, 0.2) is 42.5 Å². The highest BCUT2D eigenvalue weighted by atomic mass is 16.5. The minimum atomic E-state index is -0.896. The first-order chi connectivity index (χ1) is 18.4. The van der Waals surface area contributed by atoms with Gasteiger partial charge in [-0.05, 0) is 73.6 Å². The highest BCUT2D eigenvalue weighted by Crippen LogP contribution is 2.49. The molecule has 8 heteroatoms. The summed E-state index contributed by atoms with van der Waals surface area (Å²) >= 11 is 0. The molecule has 3 saturated heterocycles. The predicted octanol–water partition coefficient (Wildman–Crippen LogP) is 3.11. The van der Waals surface area contributed by atoms with Gasteiger partial charge in [0.15, 0.2) is 0 Å². The topological polar surface area (TPSA) is 103 Å². The van der Waals surface area contributed by atoms with E-state index in [1.165, 1.54) is 12.0 Å². The molecule has 4 aliphatic heterocycles. The summed E-state index contributed by atoms with van der Waals surface area (Å²) in [6, 6.07) is 16.2. The molecule has 2 bridgehead atoms. The van der Waals surface area contributed by atoms with Gasteiger partial charge in [0.1, 0.15) is 17.4 Å². The van der Waals surface area contributed by atoms with E-state index in [-0.39, 0.29) is 29.7 Å². The number of nitrogens with zero attached hydrogens (tertiary/aromatic N) is 3. The molecule has 0 radical (unpaired) electrons. The Morgan fingerprint density at radius 3 is 2.47 bits per heavy atom. The summed E-state index contributed by atoms with van der Waals surface area (Å²) in [5, 5.41) is 11.5. The van der Waals surface area contributed by atoms with E-state index in [1.54, 1.807) is 4.90 Å². The zero-order chi connectivity index (χ0) is 26.0. The third-order valence-electron chi connectivity index (χ3n) is 9.44. The minimum Gasteiger partial charge on any atom is -0.489 e. The quantitative estimate of drug-likeness (QED) is 0.620. The van der Waals surface area contributed by atoms with Crippen LogP contribution < -0.4 is 10.1 Å². The number of amides is 3. The van der Waals surface area contributed by atoms with Gasteiger partial charge in [-0.1, -0.05) is 18.6 Å². The van der Waals surface area contributed by atoms with E-state index in [2.05, 4.69) is 28.4 Å². The van der Waals surface area contributed by atoms with Crippen molar-refractivity contribution in [2.75, 3.05) is 13.1 Å². The SMILES string of the molecule is N#Cc1ccc(C2CN(C3CCCCC3Oc3ccc4c(c3)CN(C35CC(C3)C(=O)NC5=O)C4=O)C2)cc1. The van der Waals surface area contributed by atoms with Gasteiger partial charge < -0.3 is 9.64 Å². The lowest BCUT2D eigenvalue weighted by Crippen LogP contribution is -2.73. The molecule has 2 aromatic rings. The maximum Gasteiger partial charge on any atom is 0.255 e. The Hall–Kier alpha value is -3.70. The van der Waals surface area contributed by atoms with Gasteiger partial charge in [-0.15, -0.1) is 0 Å². The number of carbonyl (C=O) groups excluding carboxylic acids is 3. The van der Waals surface area contributed by atoms with Crippen molar-refractivity contribution in [3.8, 4) is 11.8 Å². The molecule has 194 valence electrons. The van der Waals surface area contributed by atoms with E-state index < -0.39 is 5.54 Å². The van der Waals surface area contributed by atoms with Crippen LogP contribution in [0.2, 0.25) is 0 Å². The van der Waals surface area contributed by atoms with Crippen LogP contribution >= 0.6 is 0 Å². The molecule has 8 rings (SSSR count). The number of ether oxygens (including phenoxy) is 1. The summed E-state index contributed by atoms with van der Waals surface area (Å²) in [6.07, 6.45) is 5.39. The van der Waals surface area contributed by atoms with Crippen LogP contribution in [0.25, 0.3) is 0 Å². The molecule has 6 aliphatic rings. The third-order valence-corrected chi connectivity index (χ3v) is 9.44. The number of likely N-dealkylation sites (tertiary alicyclic amines) is 1. The molecule has 5 fully saturated rings. The molecule has 2 atom stereocenters. The normalized spacial score (nSPS) is 30.7. The molecular weight excluding hydrogens is 480 g/mol. The smallest absolute Gasteiger partial charge is 0.255 e. The Morgan fingerprint density at radius 2 is 1.74 bits per heavy atom. The van der Waals surface area contributed by atoms with Gasteiger partial charge in [0.2, 0.25) is 5.91 Å².